The van der Waals surface area contributed by atoms with Gasteiger partial charge in [-0.25, -0.2) is 14.7 Å². The van der Waals surface area contributed by atoms with Crippen molar-refractivity contribution in [1.29, 1.82) is 0 Å². The molecule has 0 atom stereocenters. The number of aromatic nitrogens is 3. The normalized spacial score (nSPS) is 14.7. The summed E-state index contributed by atoms with van der Waals surface area (Å²) in [7, 11) is 1.54. The summed E-state index contributed by atoms with van der Waals surface area (Å²) < 4.78 is 1.62. The molecule has 0 bridgehead atoms. The van der Waals surface area contributed by atoms with Crippen LogP contribution in [0, 0.1) is 0 Å². The summed E-state index contributed by atoms with van der Waals surface area (Å²) >= 11 is 0. The predicted molar refractivity (Wildman–Crippen MR) is 79.4 cm³/mol. The van der Waals surface area contributed by atoms with Crippen LogP contribution >= 0.6 is 0 Å². The smallest absolute Gasteiger partial charge is 0.271 e. The molecule has 0 spiro atoms. The van der Waals surface area contributed by atoms with Gasteiger partial charge >= 0.3 is 0 Å². The van der Waals surface area contributed by atoms with Gasteiger partial charge in [-0.2, -0.15) is 10.2 Å². The van der Waals surface area contributed by atoms with Gasteiger partial charge in [0.25, 0.3) is 5.91 Å². The van der Waals surface area contributed by atoms with Crippen LogP contribution < -0.4 is 5.32 Å². The fourth-order valence-electron chi connectivity index (χ4n) is 2.04. The Kier molecular flexibility index (Phi) is 3.65. The first-order valence-electron chi connectivity index (χ1n) is 6.75. The third kappa shape index (κ3) is 2.85. The number of nitrogens with one attached hydrogen (secondary N) is 1. The molecule has 0 saturated carbocycles. The Morgan fingerprint density at radius 1 is 1.32 bits per heavy atom. The average molecular weight is 298 g/mol. The maximum absolute atomic E-state index is 12.1. The van der Waals surface area contributed by atoms with Crippen molar-refractivity contribution in [3.05, 3.63) is 36.8 Å². The van der Waals surface area contributed by atoms with Crippen LogP contribution in [-0.2, 0) is 9.59 Å². The van der Waals surface area contributed by atoms with Crippen LogP contribution in [-0.4, -0.2) is 44.3 Å². The minimum Gasteiger partial charge on any atom is -0.319 e. The van der Waals surface area contributed by atoms with E-state index < -0.39 is 0 Å². The second-order valence-electron chi connectivity index (χ2n) is 4.77. The molecule has 22 heavy (non-hydrogen) atoms. The van der Waals surface area contributed by atoms with Crippen LogP contribution in [0.5, 0.6) is 0 Å². The topological polar surface area (TPSA) is 92.5 Å². The summed E-state index contributed by atoms with van der Waals surface area (Å²) in [6, 6.07) is 5.29. The average Bonchev–Trinajstić information content (AvgIpc) is 3.05. The van der Waals surface area contributed by atoms with Gasteiger partial charge in [0, 0.05) is 32.3 Å². The third-order valence-electron chi connectivity index (χ3n) is 3.21. The van der Waals surface area contributed by atoms with Gasteiger partial charge in [-0.1, -0.05) is 0 Å². The SMILES string of the molecule is CN1N=C(C(=O)Nc2ccc(-n3cccn3)nc2)CCC1=O. The van der Waals surface area contributed by atoms with Crippen molar-refractivity contribution in [3.8, 4) is 5.82 Å². The highest BCUT2D eigenvalue weighted by Crippen LogP contribution is 2.12. The molecule has 2 aromatic rings. The number of carbonyl (C=O) groups excluding carboxylic acids is 2. The van der Waals surface area contributed by atoms with Gasteiger partial charge in [0.15, 0.2) is 5.82 Å². The lowest BCUT2D eigenvalue weighted by Crippen LogP contribution is -2.34. The van der Waals surface area contributed by atoms with Gasteiger partial charge in [0.2, 0.25) is 5.91 Å². The van der Waals surface area contributed by atoms with Crippen LogP contribution in [0.15, 0.2) is 41.9 Å². The van der Waals surface area contributed by atoms with Gasteiger partial charge in [-0.3, -0.25) is 9.59 Å². The third-order valence-corrected chi connectivity index (χ3v) is 3.21. The van der Waals surface area contributed by atoms with Crippen molar-refractivity contribution in [2.75, 3.05) is 12.4 Å². The molecule has 2 aromatic heterocycles. The molecule has 1 aliphatic rings. The Balaban J connectivity index is 1.69. The zero-order valence-electron chi connectivity index (χ0n) is 11.9. The number of rotatable bonds is 3. The van der Waals surface area contributed by atoms with Crippen LogP contribution in [0.4, 0.5) is 5.69 Å². The Morgan fingerprint density at radius 3 is 2.82 bits per heavy atom. The molecule has 8 heteroatoms. The number of carbonyl (C=O) groups is 2. The summed E-state index contributed by atoms with van der Waals surface area (Å²) in [5.41, 5.74) is 0.890. The van der Waals surface area contributed by atoms with Crippen LogP contribution in [0.1, 0.15) is 12.8 Å². The molecule has 3 rings (SSSR count). The lowest BCUT2D eigenvalue weighted by molar-refractivity contribution is -0.130. The molecular formula is C14H14N6O2. The maximum Gasteiger partial charge on any atom is 0.271 e. The maximum atomic E-state index is 12.1. The standard InChI is InChI=1S/C14H14N6O2/c1-19-13(21)6-4-11(18-19)14(22)17-10-3-5-12(15-9-10)20-8-2-7-16-20/h2-3,5,7-9H,4,6H2,1H3,(H,17,22). The molecule has 3 heterocycles. The molecule has 0 fully saturated rings. The molecule has 0 aliphatic carbocycles. The zero-order chi connectivity index (χ0) is 15.5. The first-order chi connectivity index (χ1) is 10.6. The van der Waals surface area contributed by atoms with E-state index in [4.69, 9.17) is 0 Å². The van der Waals surface area contributed by atoms with E-state index in [2.05, 4.69) is 20.5 Å². The highest BCUT2D eigenvalue weighted by Gasteiger charge is 2.21. The Hall–Kier alpha value is -3.03. The molecule has 2 amide bonds. The largest absolute Gasteiger partial charge is 0.319 e. The monoisotopic (exact) mass is 298 g/mol. The molecule has 1 aliphatic heterocycles. The van der Waals surface area contributed by atoms with Crippen molar-refractivity contribution in [2.24, 2.45) is 5.10 Å². The number of anilines is 1. The van der Waals surface area contributed by atoms with E-state index in [0.29, 0.717) is 30.1 Å². The zero-order valence-corrected chi connectivity index (χ0v) is 11.9. The summed E-state index contributed by atoms with van der Waals surface area (Å²) in [6.07, 6.45) is 5.63. The highest BCUT2D eigenvalue weighted by atomic mass is 16.2. The molecule has 0 radical (unpaired) electrons. The van der Waals surface area contributed by atoms with E-state index in [1.807, 2.05) is 0 Å². The number of nitrogens with zero attached hydrogens (tertiary/aromatic N) is 5. The van der Waals surface area contributed by atoms with E-state index in [1.165, 1.54) is 12.1 Å². The van der Waals surface area contributed by atoms with Gasteiger partial charge in [0.05, 0.1) is 11.9 Å². The Labute approximate surface area is 126 Å². The van der Waals surface area contributed by atoms with Crippen molar-refractivity contribution in [1.82, 2.24) is 19.8 Å². The second kappa shape index (κ2) is 5.76. The Bertz CT molecular complexity index is 720. The molecule has 112 valence electrons. The summed E-state index contributed by atoms with van der Waals surface area (Å²) in [4.78, 5) is 27.7. The van der Waals surface area contributed by atoms with Crippen LogP contribution in [0.2, 0.25) is 0 Å². The first-order valence-corrected chi connectivity index (χ1v) is 6.75. The van der Waals surface area contributed by atoms with Crippen molar-refractivity contribution in [3.63, 3.8) is 0 Å². The lowest BCUT2D eigenvalue weighted by Gasteiger charge is -2.18. The Morgan fingerprint density at radius 2 is 2.18 bits per heavy atom. The van der Waals surface area contributed by atoms with Crippen molar-refractivity contribution < 1.29 is 9.59 Å². The van der Waals surface area contributed by atoms with Gasteiger partial charge in [-0.05, 0) is 18.2 Å². The minimum atomic E-state index is -0.326. The van der Waals surface area contributed by atoms with Crippen LogP contribution in [0.25, 0.3) is 5.82 Å². The fraction of sp³-hybridized carbons (Fsp3) is 0.214. The molecular weight excluding hydrogens is 284 g/mol. The number of pyridine rings is 1. The lowest BCUT2D eigenvalue weighted by atomic mass is 10.1. The summed E-state index contributed by atoms with van der Waals surface area (Å²) in [5.74, 6) is 0.234. The van der Waals surface area contributed by atoms with Crippen molar-refractivity contribution >= 4 is 23.2 Å². The first kappa shape index (κ1) is 13.9. The molecule has 8 nitrogen and oxygen atoms in total. The molecule has 0 unspecified atom stereocenters. The van der Waals surface area contributed by atoms with Crippen LogP contribution in [0.3, 0.4) is 0 Å². The van der Waals surface area contributed by atoms with Gasteiger partial charge in [-0.15, -0.1) is 0 Å². The van der Waals surface area contributed by atoms with Gasteiger partial charge in [0.1, 0.15) is 5.71 Å². The van der Waals surface area contributed by atoms with E-state index in [9.17, 15) is 9.59 Å². The second-order valence-corrected chi connectivity index (χ2v) is 4.77. The molecule has 0 aromatic carbocycles. The van der Waals surface area contributed by atoms with E-state index in [-0.39, 0.29) is 11.8 Å². The number of hydrazone groups is 1. The highest BCUT2D eigenvalue weighted by molar-refractivity contribution is 6.43. The predicted octanol–water partition coefficient (Wildman–Crippen LogP) is 0.814. The minimum absolute atomic E-state index is 0.0956. The summed E-state index contributed by atoms with van der Waals surface area (Å²) in [6.45, 7) is 0. The van der Waals surface area contributed by atoms with Crippen molar-refractivity contribution in [2.45, 2.75) is 12.8 Å². The van der Waals surface area contributed by atoms with E-state index >= 15 is 0 Å². The number of hydrogen-bond donors (Lipinski definition) is 1. The molecule has 1 N–H and O–H groups in total. The van der Waals surface area contributed by atoms with E-state index in [0.717, 1.165) is 0 Å². The van der Waals surface area contributed by atoms with Gasteiger partial charge < -0.3 is 5.32 Å². The number of hydrogen-bond acceptors (Lipinski definition) is 5. The quantitative estimate of drug-likeness (QED) is 0.907. The summed E-state index contributed by atoms with van der Waals surface area (Å²) in [5, 5.41) is 12.0. The number of amides is 2. The molecule has 0 saturated heterocycles. The van der Waals surface area contributed by atoms with E-state index in [1.54, 1.807) is 41.5 Å². The fourth-order valence-corrected chi connectivity index (χ4v) is 2.04.